The van der Waals surface area contributed by atoms with Crippen LogP contribution in [0.25, 0.3) is 0 Å². The van der Waals surface area contributed by atoms with Crippen LogP contribution in [0.5, 0.6) is 0 Å². The molecular formula is C16H19N3O3. The van der Waals surface area contributed by atoms with Crippen molar-refractivity contribution in [1.29, 1.82) is 0 Å². The van der Waals surface area contributed by atoms with Gasteiger partial charge in [-0.05, 0) is 23.8 Å². The second kappa shape index (κ2) is 6.01. The van der Waals surface area contributed by atoms with Gasteiger partial charge in [0.2, 0.25) is 0 Å². The molecule has 6 nitrogen and oxygen atoms in total. The summed E-state index contributed by atoms with van der Waals surface area (Å²) in [6, 6.07) is 8.11. The first-order valence-corrected chi connectivity index (χ1v) is 6.93. The van der Waals surface area contributed by atoms with Gasteiger partial charge in [0.1, 0.15) is 5.69 Å². The molecule has 6 heteroatoms. The Morgan fingerprint density at radius 3 is 2.36 bits per heavy atom. The highest BCUT2D eigenvalue weighted by molar-refractivity contribution is 5.92. The van der Waals surface area contributed by atoms with Crippen LogP contribution in [0, 0.1) is 0 Å². The van der Waals surface area contributed by atoms with Crippen molar-refractivity contribution >= 4 is 11.9 Å². The van der Waals surface area contributed by atoms with Gasteiger partial charge in [-0.25, -0.2) is 4.79 Å². The highest BCUT2D eigenvalue weighted by atomic mass is 16.4. The number of hydrogen-bond donors (Lipinski definition) is 3. The molecule has 22 heavy (non-hydrogen) atoms. The van der Waals surface area contributed by atoms with Gasteiger partial charge in [-0.3, -0.25) is 9.89 Å². The second-order valence-corrected chi connectivity index (χ2v) is 6.10. The Hall–Kier alpha value is -2.63. The molecule has 1 aromatic heterocycles. The fourth-order valence-electron chi connectivity index (χ4n) is 1.86. The molecule has 0 atom stereocenters. The molecule has 0 aliphatic rings. The van der Waals surface area contributed by atoms with Gasteiger partial charge in [0, 0.05) is 17.7 Å². The summed E-state index contributed by atoms with van der Waals surface area (Å²) in [5.41, 5.74) is 2.18. The Morgan fingerprint density at radius 2 is 1.86 bits per heavy atom. The van der Waals surface area contributed by atoms with E-state index in [2.05, 4.69) is 15.5 Å². The SMILES string of the molecule is CC(C)(C)c1cc(C(=O)NCc2ccc(C(=O)O)cc2)n[nH]1. The van der Waals surface area contributed by atoms with Gasteiger partial charge in [0.15, 0.2) is 0 Å². The van der Waals surface area contributed by atoms with Crippen LogP contribution >= 0.6 is 0 Å². The number of aromatic carboxylic acids is 1. The third-order valence-electron chi connectivity index (χ3n) is 3.27. The number of nitrogens with zero attached hydrogens (tertiary/aromatic N) is 1. The summed E-state index contributed by atoms with van der Waals surface area (Å²) in [5.74, 6) is -1.24. The lowest BCUT2D eigenvalue weighted by atomic mass is 9.92. The number of carbonyl (C=O) groups is 2. The molecule has 0 saturated carbocycles. The van der Waals surface area contributed by atoms with Crippen LogP contribution in [0.4, 0.5) is 0 Å². The third kappa shape index (κ3) is 3.72. The van der Waals surface area contributed by atoms with E-state index in [4.69, 9.17) is 5.11 Å². The van der Waals surface area contributed by atoms with Gasteiger partial charge in [-0.1, -0.05) is 32.9 Å². The van der Waals surface area contributed by atoms with Crippen LogP contribution in [0.2, 0.25) is 0 Å². The van der Waals surface area contributed by atoms with Crippen molar-refractivity contribution in [1.82, 2.24) is 15.5 Å². The summed E-state index contributed by atoms with van der Waals surface area (Å²) in [4.78, 5) is 22.8. The lowest BCUT2D eigenvalue weighted by Gasteiger charge is -2.14. The van der Waals surface area contributed by atoms with Crippen LogP contribution in [-0.2, 0) is 12.0 Å². The van der Waals surface area contributed by atoms with Crippen molar-refractivity contribution < 1.29 is 14.7 Å². The Balaban J connectivity index is 1.98. The fourth-order valence-corrected chi connectivity index (χ4v) is 1.86. The first-order chi connectivity index (χ1) is 10.3. The minimum Gasteiger partial charge on any atom is -0.478 e. The van der Waals surface area contributed by atoms with E-state index >= 15 is 0 Å². The number of nitrogens with one attached hydrogen (secondary N) is 2. The smallest absolute Gasteiger partial charge is 0.335 e. The standard InChI is InChI=1S/C16H19N3O3/c1-16(2,3)13-8-12(18-19-13)14(20)17-9-10-4-6-11(7-5-10)15(21)22/h4-8H,9H2,1-3H3,(H,17,20)(H,18,19)(H,21,22). The van der Waals surface area contributed by atoms with E-state index in [0.29, 0.717) is 12.2 Å². The van der Waals surface area contributed by atoms with Crippen molar-refractivity contribution in [2.24, 2.45) is 0 Å². The van der Waals surface area contributed by atoms with E-state index in [1.54, 1.807) is 18.2 Å². The van der Waals surface area contributed by atoms with Crippen LogP contribution < -0.4 is 5.32 Å². The molecule has 0 fully saturated rings. The number of hydrogen-bond acceptors (Lipinski definition) is 3. The Kier molecular flexibility index (Phi) is 4.30. The molecule has 0 radical (unpaired) electrons. The summed E-state index contributed by atoms with van der Waals surface area (Å²) in [7, 11) is 0. The molecule has 3 N–H and O–H groups in total. The molecule has 0 aliphatic heterocycles. The molecule has 1 heterocycles. The van der Waals surface area contributed by atoms with Gasteiger partial charge >= 0.3 is 5.97 Å². The highest BCUT2D eigenvalue weighted by Crippen LogP contribution is 2.20. The topological polar surface area (TPSA) is 95.1 Å². The third-order valence-corrected chi connectivity index (χ3v) is 3.27. The summed E-state index contributed by atoms with van der Waals surface area (Å²) >= 11 is 0. The number of aromatic nitrogens is 2. The van der Waals surface area contributed by atoms with Crippen molar-refractivity contribution in [3.63, 3.8) is 0 Å². The summed E-state index contributed by atoms with van der Waals surface area (Å²) in [6.07, 6.45) is 0. The van der Waals surface area contributed by atoms with Crippen molar-refractivity contribution in [2.75, 3.05) is 0 Å². The zero-order valence-corrected chi connectivity index (χ0v) is 12.8. The number of carboxylic acids is 1. The van der Waals surface area contributed by atoms with E-state index in [1.807, 2.05) is 20.8 Å². The summed E-state index contributed by atoms with van der Waals surface area (Å²) in [5, 5.41) is 18.5. The molecule has 2 rings (SSSR count). The first kappa shape index (κ1) is 15.8. The molecule has 0 bridgehead atoms. The molecule has 116 valence electrons. The number of carboxylic acid groups (broad SMARTS) is 1. The molecule has 0 spiro atoms. The second-order valence-electron chi connectivity index (χ2n) is 6.10. The quantitative estimate of drug-likeness (QED) is 0.807. The van der Waals surface area contributed by atoms with E-state index in [0.717, 1.165) is 11.3 Å². The Labute approximate surface area is 128 Å². The number of carbonyl (C=O) groups excluding carboxylic acids is 1. The lowest BCUT2D eigenvalue weighted by molar-refractivity contribution is 0.0696. The van der Waals surface area contributed by atoms with Gasteiger partial charge in [-0.15, -0.1) is 0 Å². The van der Waals surface area contributed by atoms with Crippen LogP contribution in [-0.4, -0.2) is 27.2 Å². The molecule has 0 unspecified atom stereocenters. The molecule has 1 aromatic carbocycles. The van der Waals surface area contributed by atoms with E-state index in [9.17, 15) is 9.59 Å². The fraction of sp³-hybridized carbons (Fsp3) is 0.312. The number of benzene rings is 1. The summed E-state index contributed by atoms with van der Waals surface area (Å²) < 4.78 is 0. The van der Waals surface area contributed by atoms with Crippen LogP contribution in [0.3, 0.4) is 0 Å². The molecule has 0 saturated heterocycles. The minimum atomic E-state index is -0.971. The number of aromatic amines is 1. The average molecular weight is 301 g/mol. The lowest BCUT2D eigenvalue weighted by Crippen LogP contribution is -2.23. The monoisotopic (exact) mass is 301 g/mol. The molecule has 1 amide bonds. The van der Waals surface area contributed by atoms with E-state index in [-0.39, 0.29) is 16.9 Å². The number of H-pyrrole nitrogens is 1. The first-order valence-electron chi connectivity index (χ1n) is 6.93. The van der Waals surface area contributed by atoms with Crippen molar-refractivity contribution in [3.8, 4) is 0 Å². The largest absolute Gasteiger partial charge is 0.478 e. The van der Waals surface area contributed by atoms with E-state index < -0.39 is 5.97 Å². The zero-order chi connectivity index (χ0) is 16.3. The van der Waals surface area contributed by atoms with Gasteiger partial charge < -0.3 is 10.4 Å². The maximum Gasteiger partial charge on any atom is 0.335 e. The normalized spacial score (nSPS) is 11.2. The predicted molar refractivity (Wildman–Crippen MR) is 81.9 cm³/mol. The Bertz CT molecular complexity index is 681. The van der Waals surface area contributed by atoms with Gasteiger partial charge in [0.05, 0.1) is 5.56 Å². The number of amides is 1. The molecular weight excluding hydrogens is 282 g/mol. The van der Waals surface area contributed by atoms with Gasteiger partial charge in [-0.2, -0.15) is 5.10 Å². The highest BCUT2D eigenvalue weighted by Gasteiger charge is 2.19. The zero-order valence-electron chi connectivity index (χ0n) is 12.8. The van der Waals surface area contributed by atoms with Crippen molar-refractivity contribution in [3.05, 3.63) is 52.8 Å². The van der Waals surface area contributed by atoms with Crippen LogP contribution in [0.15, 0.2) is 30.3 Å². The summed E-state index contributed by atoms with van der Waals surface area (Å²) in [6.45, 7) is 6.42. The maximum atomic E-state index is 12.0. The maximum absolute atomic E-state index is 12.0. The van der Waals surface area contributed by atoms with Crippen molar-refractivity contribution in [2.45, 2.75) is 32.7 Å². The number of rotatable bonds is 4. The van der Waals surface area contributed by atoms with Crippen LogP contribution in [0.1, 0.15) is 52.9 Å². The van der Waals surface area contributed by atoms with E-state index in [1.165, 1.54) is 12.1 Å². The molecule has 0 aliphatic carbocycles. The predicted octanol–water partition coefficient (Wildman–Crippen LogP) is 2.34. The van der Waals surface area contributed by atoms with Gasteiger partial charge in [0.25, 0.3) is 5.91 Å². The minimum absolute atomic E-state index is 0.0990. The average Bonchev–Trinajstić information content (AvgIpc) is 2.95. The Morgan fingerprint density at radius 1 is 1.23 bits per heavy atom. The molecule has 2 aromatic rings.